The molecule has 4 rings (SSSR count). The second-order valence-corrected chi connectivity index (χ2v) is 7.13. The van der Waals surface area contributed by atoms with Crippen LogP contribution in [-0.2, 0) is 9.53 Å². The van der Waals surface area contributed by atoms with Crippen LogP contribution in [0.1, 0.15) is 12.0 Å². The van der Waals surface area contributed by atoms with Crippen molar-refractivity contribution in [2.24, 2.45) is 0 Å². The summed E-state index contributed by atoms with van der Waals surface area (Å²) in [5.74, 6) is 0.122. The Bertz CT molecular complexity index is 1260. The molecule has 160 valence electrons. The van der Waals surface area contributed by atoms with E-state index in [0.29, 0.717) is 36.6 Å². The van der Waals surface area contributed by atoms with Gasteiger partial charge in [0.2, 0.25) is 0 Å². The van der Waals surface area contributed by atoms with E-state index in [2.05, 4.69) is 5.32 Å². The van der Waals surface area contributed by atoms with Gasteiger partial charge in [-0.05, 0) is 36.8 Å². The molecule has 0 aliphatic carbocycles. The predicted octanol–water partition coefficient (Wildman–Crippen LogP) is 4.35. The Kier molecular flexibility index (Phi) is 6.44. The SMILES string of the molecule is COCCCNC(=O)/C(C#N)=C/c1cn(-c2ccccc2)nc1-c1cc2ccccc2o1. The van der Waals surface area contributed by atoms with Gasteiger partial charge in [-0.3, -0.25) is 4.79 Å². The summed E-state index contributed by atoms with van der Waals surface area (Å²) in [6.45, 7) is 0.956. The second-order valence-electron chi connectivity index (χ2n) is 7.13. The van der Waals surface area contributed by atoms with Gasteiger partial charge in [-0.2, -0.15) is 10.4 Å². The number of carbonyl (C=O) groups is 1. The third kappa shape index (κ3) is 4.61. The standard InChI is InChI=1S/C25H22N4O3/c1-31-13-7-12-27-25(30)19(16-26)14-20-17-29(21-9-3-2-4-10-21)28-24(20)23-15-18-8-5-6-11-22(18)32-23/h2-6,8-11,14-15,17H,7,12-13H2,1H3,(H,27,30)/b19-14+. The Labute approximate surface area is 185 Å². The van der Waals surface area contributed by atoms with Crippen molar-refractivity contribution in [1.29, 1.82) is 5.26 Å². The lowest BCUT2D eigenvalue weighted by molar-refractivity contribution is -0.117. The molecule has 7 nitrogen and oxygen atoms in total. The van der Waals surface area contributed by atoms with E-state index in [9.17, 15) is 10.1 Å². The number of nitrogens with one attached hydrogen (secondary N) is 1. The predicted molar refractivity (Wildman–Crippen MR) is 122 cm³/mol. The molecule has 0 unspecified atom stereocenters. The Hall–Kier alpha value is -4.15. The minimum Gasteiger partial charge on any atom is -0.454 e. The first-order valence-electron chi connectivity index (χ1n) is 10.2. The highest BCUT2D eigenvalue weighted by atomic mass is 16.5. The Morgan fingerprint density at radius 3 is 2.75 bits per heavy atom. The summed E-state index contributed by atoms with van der Waals surface area (Å²) in [5, 5.41) is 18.0. The number of hydrogen-bond donors (Lipinski definition) is 1. The number of nitriles is 1. The molecular formula is C25H22N4O3. The number of fused-ring (bicyclic) bond motifs is 1. The summed E-state index contributed by atoms with van der Waals surface area (Å²) in [7, 11) is 1.60. The van der Waals surface area contributed by atoms with Gasteiger partial charge in [-0.15, -0.1) is 0 Å². The molecule has 0 aliphatic heterocycles. The molecule has 0 fully saturated rings. The van der Waals surface area contributed by atoms with E-state index in [-0.39, 0.29) is 5.57 Å². The summed E-state index contributed by atoms with van der Waals surface area (Å²) in [6.07, 6.45) is 3.99. The van der Waals surface area contributed by atoms with Crippen LogP contribution in [0.5, 0.6) is 0 Å². The monoisotopic (exact) mass is 426 g/mol. The van der Waals surface area contributed by atoms with Crippen LogP contribution < -0.4 is 5.32 Å². The van der Waals surface area contributed by atoms with Gasteiger partial charge in [0.05, 0.1) is 5.69 Å². The highest BCUT2D eigenvalue weighted by Gasteiger charge is 2.17. The molecule has 0 bridgehead atoms. The van der Waals surface area contributed by atoms with E-state index < -0.39 is 5.91 Å². The van der Waals surface area contributed by atoms with Gasteiger partial charge in [0.1, 0.15) is 22.9 Å². The second kappa shape index (κ2) is 9.77. The molecule has 0 atom stereocenters. The molecule has 1 amide bonds. The van der Waals surface area contributed by atoms with Gasteiger partial charge in [0, 0.05) is 37.4 Å². The van der Waals surface area contributed by atoms with Crippen molar-refractivity contribution in [1.82, 2.24) is 15.1 Å². The lowest BCUT2D eigenvalue weighted by Crippen LogP contribution is -2.26. The fraction of sp³-hybridized carbons (Fsp3) is 0.160. The summed E-state index contributed by atoms with van der Waals surface area (Å²) < 4.78 is 12.7. The Balaban J connectivity index is 1.74. The molecule has 0 saturated heterocycles. The molecule has 1 N–H and O–H groups in total. The summed E-state index contributed by atoms with van der Waals surface area (Å²) in [6, 6.07) is 21.2. The van der Waals surface area contributed by atoms with Crippen molar-refractivity contribution >= 4 is 23.0 Å². The van der Waals surface area contributed by atoms with Gasteiger partial charge >= 0.3 is 0 Å². The van der Waals surface area contributed by atoms with Crippen molar-refractivity contribution < 1.29 is 13.9 Å². The van der Waals surface area contributed by atoms with Crippen molar-refractivity contribution in [3.05, 3.63) is 78.0 Å². The quantitative estimate of drug-likeness (QED) is 0.257. The fourth-order valence-corrected chi connectivity index (χ4v) is 3.31. The summed E-state index contributed by atoms with van der Waals surface area (Å²) in [4.78, 5) is 12.5. The van der Waals surface area contributed by atoms with Gasteiger partial charge < -0.3 is 14.5 Å². The molecule has 0 radical (unpaired) electrons. The van der Waals surface area contributed by atoms with E-state index in [1.807, 2.05) is 66.7 Å². The average Bonchev–Trinajstić information content (AvgIpc) is 3.44. The van der Waals surface area contributed by atoms with E-state index in [1.54, 1.807) is 24.1 Å². The van der Waals surface area contributed by atoms with Crippen LogP contribution in [-0.4, -0.2) is 35.9 Å². The van der Waals surface area contributed by atoms with Crippen LogP contribution in [0.25, 0.3) is 34.2 Å². The zero-order valence-corrected chi connectivity index (χ0v) is 17.6. The number of ether oxygens (including phenoxy) is 1. The van der Waals surface area contributed by atoms with Crippen LogP contribution in [0.2, 0.25) is 0 Å². The van der Waals surface area contributed by atoms with Gasteiger partial charge in [-0.25, -0.2) is 4.68 Å². The van der Waals surface area contributed by atoms with E-state index in [0.717, 1.165) is 16.7 Å². The van der Waals surface area contributed by atoms with Crippen molar-refractivity contribution in [2.75, 3.05) is 20.3 Å². The average molecular weight is 426 g/mol. The molecule has 4 aromatic rings. The van der Waals surface area contributed by atoms with E-state index in [4.69, 9.17) is 14.3 Å². The molecule has 2 aromatic carbocycles. The smallest absolute Gasteiger partial charge is 0.261 e. The number of hydrogen-bond acceptors (Lipinski definition) is 5. The maximum absolute atomic E-state index is 12.5. The number of amides is 1. The normalized spacial score (nSPS) is 11.4. The molecule has 0 saturated carbocycles. The number of methoxy groups -OCH3 is 1. The first-order chi connectivity index (χ1) is 15.7. The van der Waals surface area contributed by atoms with Crippen molar-refractivity contribution in [3.63, 3.8) is 0 Å². The number of aromatic nitrogens is 2. The lowest BCUT2D eigenvalue weighted by atomic mass is 10.1. The van der Waals surface area contributed by atoms with Gasteiger partial charge in [0.25, 0.3) is 5.91 Å². The van der Waals surface area contributed by atoms with Crippen molar-refractivity contribution in [2.45, 2.75) is 6.42 Å². The molecule has 7 heteroatoms. The van der Waals surface area contributed by atoms with Crippen LogP contribution in [0.3, 0.4) is 0 Å². The zero-order valence-electron chi connectivity index (χ0n) is 17.6. The number of para-hydroxylation sites is 2. The fourth-order valence-electron chi connectivity index (χ4n) is 3.31. The van der Waals surface area contributed by atoms with E-state index >= 15 is 0 Å². The number of benzene rings is 2. The van der Waals surface area contributed by atoms with Crippen LogP contribution >= 0.6 is 0 Å². The van der Waals surface area contributed by atoms with Crippen LogP contribution in [0, 0.1) is 11.3 Å². The maximum atomic E-state index is 12.5. The third-order valence-electron chi connectivity index (χ3n) is 4.90. The molecule has 32 heavy (non-hydrogen) atoms. The molecule has 2 heterocycles. The highest BCUT2D eigenvalue weighted by molar-refractivity contribution is 6.02. The largest absolute Gasteiger partial charge is 0.454 e. The van der Waals surface area contributed by atoms with Crippen LogP contribution in [0.4, 0.5) is 0 Å². The third-order valence-corrected chi connectivity index (χ3v) is 4.90. The topological polar surface area (TPSA) is 93.1 Å². The summed E-state index contributed by atoms with van der Waals surface area (Å²) in [5.41, 5.74) is 2.74. The van der Waals surface area contributed by atoms with E-state index in [1.165, 1.54) is 0 Å². The minimum atomic E-state index is -0.438. The Morgan fingerprint density at radius 2 is 2.00 bits per heavy atom. The lowest BCUT2D eigenvalue weighted by Gasteiger charge is -2.03. The highest BCUT2D eigenvalue weighted by Crippen LogP contribution is 2.31. The first-order valence-corrected chi connectivity index (χ1v) is 10.2. The molecular weight excluding hydrogens is 404 g/mol. The number of furan rings is 1. The molecule has 2 aromatic heterocycles. The summed E-state index contributed by atoms with van der Waals surface area (Å²) >= 11 is 0. The zero-order chi connectivity index (χ0) is 22.3. The number of nitrogens with zero attached hydrogens (tertiary/aromatic N) is 3. The molecule has 0 aliphatic rings. The first kappa shape index (κ1) is 21.1. The Morgan fingerprint density at radius 1 is 1.22 bits per heavy atom. The number of rotatable bonds is 8. The van der Waals surface area contributed by atoms with Crippen molar-refractivity contribution in [3.8, 4) is 23.2 Å². The maximum Gasteiger partial charge on any atom is 0.261 e. The molecule has 0 spiro atoms. The minimum absolute atomic E-state index is 0.00705. The van der Waals surface area contributed by atoms with Crippen LogP contribution in [0.15, 0.2) is 76.9 Å². The number of carbonyl (C=O) groups excluding carboxylic acids is 1. The van der Waals surface area contributed by atoms with Gasteiger partial charge in [0.15, 0.2) is 5.76 Å². The van der Waals surface area contributed by atoms with Gasteiger partial charge in [-0.1, -0.05) is 36.4 Å².